The maximum atomic E-state index is 12.7. The molecule has 126 valence electrons. The molecule has 1 amide bonds. The quantitative estimate of drug-likeness (QED) is 0.887. The largest absolute Gasteiger partial charge is 0.494 e. The van der Waals surface area contributed by atoms with Crippen molar-refractivity contribution in [1.29, 1.82) is 0 Å². The van der Waals surface area contributed by atoms with Crippen LogP contribution in [0.1, 0.15) is 12.0 Å². The number of fused-ring (bicyclic) bond motifs is 1. The highest BCUT2D eigenvalue weighted by molar-refractivity contribution is 7.89. The number of sulfonamides is 1. The van der Waals surface area contributed by atoms with Crippen molar-refractivity contribution < 1.29 is 17.9 Å². The van der Waals surface area contributed by atoms with E-state index in [1.54, 1.807) is 30.5 Å². The molecule has 1 unspecified atom stereocenters. The lowest BCUT2D eigenvalue weighted by Gasteiger charge is -2.30. The second-order valence-corrected chi connectivity index (χ2v) is 7.24. The van der Waals surface area contributed by atoms with Crippen LogP contribution in [0.25, 0.3) is 5.76 Å². The van der Waals surface area contributed by atoms with Crippen molar-refractivity contribution in [2.45, 2.75) is 17.5 Å². The molecule has 2 aliphatic heterocycles. The molecule has 0 fully saturated rings. The number of dihydropyridines is 1. The SMILES string of the molecule is COC1=C(C(=O)NC2CC=CC=N2)N(C)S(=O)(=O)c2ccccc21. The van der Waals surface area contributed by atoms with Crippen molar-refractivity contribution in [2.75, 3.05) is 14.2 Å². The van der Waals surface area contributed by atoms with Crippen LogP contribution in [0, 0.1) is 0 Å². The van der Waals surface area contributed by atoms with Gasteiger partial charge in [0.05, 0.1) is 12.0 Å². The van der Waals surface area contributed by atoms with Gasteiger partial charge < -0.3 is 10.1 Å². The van der Waals surface area contributed by atoms with E-state index in [-0.39, 0.29) is 16.4 Å². The first kappa shape index (κ1) is 16.3. The zero-order valence-electron chi connectivity index (χ0n) is 13.3. The second-order valence-electron chi connectivity index (χ2n) is 5.30. The molecule has 0 spiro atoms. The van der Waals surface area contributed by atoms with Gasteiger partial charge in [0.2, 0.25) is 0 Å². The van der Waals surface area contributed by atoms with Gasteiger partial charge in [-0.2, -0.15) is 0 Å². The molecule has 1 aromatic rings. The van der Waals surface area contributed by atoms with Crippen molar-refractivity contribution in [2.24, 2.45) is 4.99 Å². The molecule has 1 N–H and O–H groups in total. The van der Waals surface area contributed by atoms with Gasteiger partial charge in [-0.15, -0.1) is 0 Å². The minimum absolute atomic E-state index is 0.0547. The van der Waals surface area contributed by atoms with Gasteiger partial charge in [0.15, 0.2) is 11.5 Å². The van der Waals surface area contributed by atoms with E-state index in [2.05, 4.69) is 10.3 Å². The van der Waals surface area contributed by atoms with Crippen LogP contribution in [0.15, 0.2) is 52.0 Å². The number of aliphatic imine (C=N–C) groups is 1. The van der Waals surface area contributed by atoms with E-state index in [0.29, 0.717) is 12.0 Å². The fraction of sp³-hybridized carbons (Fsp3) is 0.250. The van der Waals surface area contributed by atoms with Crippen molar-refractivity contribution in [3.05, 3.63) is 47.7 Å². The maximum absolute atomic E-state index is 12.7. The molecule has 0 aliphatic carbocycles. The first-order chi connectivity index (χ1) is 11.5. The lowest BCUT2D eigenvalue weighted by Crippen LogP contribution is -2.43. The lowest BCUT2D eigenvalue weighted by molar-refractivity contribution is -0.119. The summed E-state index contributed by atoms with van der Waals surface area (Å²) in [6.07, 6.45) is 5.37. The Morgan fingerprint density at radius 1 is 1.38 bits per heavy atom. The zero-order valence-corrected chi connectivity index (χ0v) is 14.1. The van der Waals surface area contributed by atoms with Gasteiger partial charge in [-0.3, -0.25) is 14.1 Å². The van der Waals surface area contributed by atoms with Crippen LogP contribution < -0.4 is 5.32 Å². The van der Waals surface area contributed by atoms with Gasteiger partial charge in [-0.1, -0.05) is 18.2 Å². The summed E-state index contributed by atoms with van der Waals surface area (Å²) in [5, 5.41) is 2.72. The fourth-order valence-corrected chi connectivity index (χ4v) is 4.06. The number of rotatable bonds is 3. The Balaban J connectivity index is 2.06. The summed E-state index contributed by atoms with van der Waals surface area (Å²) in [5.41, 5.74) is 0.316. The third-order valence-electron chi connectivity index (χ3n) is 3.86. The Hall–Kier alpha value is -2.61. The third-order valence-corrected chi connectivity index (χ3v) is 5.68. The van der Waals surface area contributed by atoms with Crippen molar-refractivity contribution in [3.63, 3.8) is 0 Å². The summed E-state index contributed by atoms with van der Waals surface area (Å²) in [4.78, 5) is 16.9. The maximum Gasteiger partial charge on any atom is 0.274 e. The molecule has 3 rings (SSSR count). The second kappa shape index (κ2) is 6.12. The van der Waals surface area contributed by atoms with Gasteiger partial charge in [0.25, 0.3) is 15.9 Å². The highest BCUT2D eigenvalue weighted by Crippen LogP contribution is 2.36. The monoisotopic (exact) mass is 347 g/mol. The van der Waals surface area contributed by atoms with E-state index in [1.165, 1.54) is 20.2 Å². The predicted molar refractivity (Wildman–Crippen MR) is 89.5 cm³/mol. The number of ether oxygens (including phenoxy) is 1. The average Bonchev–Trinajstić information content (AvgIpc) is 2.59. The van der Waals surface area contributed by atoms with Gasteiger partial charge in [0, 0.05) is 25.2 Å². The summed E-state index contributed by atoms with van der Waals surface area (Å²) < 4.78 is 31.7. The van der Waals surface area contributed by atoms with Gasteiger partial charge >= 0.3 is 0 Å². The van der Waals surface area contributed by atoms with Crippen molar-refractivity contribution >= 4 is 27.9 Å². The van der Waals surface area contributed by atoms with Crippen molar-refractivity contribution in [1.82, 2.24) is 9.62 Å². The van der Waals surface area contributed by atoms with Crippen LogP contribution in [0.3, 0.4) is 0 Å². The van der Waals surface area contributed by atoms with E-state index in [9.17, 15) is 13.2 Å². The van der Waals surface area contributed by atoms with E-state index in [4.69, 9.17) is 4.74 Å². The van der Waals surface area contributed by atoms with Crippen LogP contribution in [0.2, 0.25) is 0 Å². The molecule has 2 heterocycles. The van der Waals surface area contributed by atoms with E-state index in [1.807, 2.05) is 6.08 Å². The number of allylic oxidation sites excluding steroid dienone is 1. The number of hydrogen-bond acceptors (Lipinski definition) is 5. The van der Waals surface area contributed by atoms with Crippen molar-refractivity contribution in [3.8, 4) is 0 Å². The molecule has 0 saturated heterocycles. The molecule has 0 radical (unpaired) electrons. The van der Waals surface area contributed by atoms with E-state index < -0.39 is 22.1 Å². The summed E-state index contributed by atoms with van der Waals surface area (Å²) in [5.74, 6) is -0.333. The number of benzene rings is 1. The Bertz CT molecular complexity index is 871. The number of carbonyl (C=O) groups excluding carboxylic acids is 1. The standard InChI is InChI=1S/C16H17N3O4S/c1-19-14(16(20)18-13-9-5-6-10-17-13)15(23-2)11-7-3-4-8-12(11)24(19,21)22/h3-8,10,13H,9H2,1-2H3,(H,18,20). The molecular formula is C16H17N3O4S. The first-order valence-corrected chi connectivity index (χ1v) is 8.76. The van der Waals surface area contributed by atoms with E-state index in [0.717, 1.165) is 4.31 Å². The zero-order chi connectivity index (χ0) is 17.3. The molecule has 0 saturated carbocycles. The Morgan fingerprint density at radius 2 is 2.12 bits per heavy atom. The number of likely N-dealkylation sites (N-methyl/N-ethyl adjacent to an activating group) is 1. The molecule has 24 heavy (non-hydrogen) atoms. The summed E-state index contributed by atoms with van der Waals surface area (Å²) >= 11 is 0. The minimum atomic E-state index is -3.82. The lowest BCUT2D eigenvalue weighted by atomic mass is 10.1. The highest BCUT2D eigenvalue weighted by atomic mass is 32.2. The molecule has 1 atom stereocenters. The summed E-state index contributed by atoms with van der Waals surface area (Å²) in [7, 11) is -1.07. The molecular weight excluding hydrogens is 330 g/mol. The summed E-state index contributed by atoms with van der Waals surface area (Å²) in [6, 6.07) is 6.44. The molecule has 0 bridgehead atoms. The molecule has 2 aliphatic rings. The molecule has 8 heteroatoms. The van der Waals surface area contributed by atoms with Crippen LogP contribution in [-0.2, 0) is 19.6 Å². The predicted octanol–water partition coefficient (Wildman–Crippen LogP) is 1.11. The topological polar surface area (TPSA) is 88.1 Å². The minimum Gasteiger partial charge on any atom is -0.494 e. The average molecular weight is 347 g/mol. The number of methoxy groups -OCH3 is 1. The smallest absolute Gasteiger partial charge is 0.274 e. The number of amides is 1. The Kier molecular flexibility index (Phi) is 4.15. The molecule has 7 nitrogen and oxygen atoms in total. The van der Waals surface area contributed by atoms with Crippen LogP contribution in [0.5, 0.6) is 0 Å². The summed E-state index contributed by atoms with van der Waals surface area (Å²) in [6.45, 7) is 0. The number of carbonyl (C=O) groups is 1. The number of hydrogen-bond donors (Lipinski definition) is 1. The highest BCUT2D eigenvalue weighted by Gasteiger charge is 2.38. The van der Waals surface area contributed by atoms with Crippen LogP contribution in [-0.4, -0.2) is 45.2 Å². The van der Waals surface area contributed by atoms with Crippen LogP contribution in [0.4, 0.5) is 0 Å². The molecule has 0 aromatic heterocycles. The number of nitrogens with one attached hydrogen (secondary N) is 1. The first-order valence-electron chi connectivity index (χ1n) is 7.32. The Morgan fingerprint density at radius 3 is 2.79 bits per heavy atom. The van der Waals surface area contributed by atoms with Gasteiger partial charge in [-0.25, -0.2) is 8.42 Å². The molecule has 1 aromatic carbocycles. The normalized spacial score (nSPS) is 21.4. The van der Waals surface area contributed by atoms with Gasteiger partial charge in [-0.05, 0) is 18.2 Å². The van der Waals surface area contributed by atoms with Gasteiger partial charge in [0.1, 0.15) is 6.17 Å². The van der Waals surface area contributed by atoms with E-state index >= 15 is 0 Å². The number of nitrogens with zero attached hydrogens (tertiary/aromatic N) is 2. The fourth-order valence-electron chi connectivity index (χ4n) is 2.67. The van der Waals surface area contributed by atoms with Crippen LogP contribution >= 0.6 is 0 Å². The third kappa shape index (κ3) is 2.58. The Labute approximate surface area is 140 Å².